The molecule has 0 aromatic carbocycles. The molecule has 1 aromatic rings. The second kappa shape index (κ2) is 12.2. The third-order valence-corrected chi connectivity index (χ3v) is 6.97. The van der Waals surface area contributed by atoms with Crippen molar-refractivity contribution >= 4 is 16.8 Å². The van der Waals surface area contributed by atoms with E-state index >= 15 is 0 Å². The Morgan fingerprint density at radius 2 is 2.17 bits per heavy atom. The van der Waals surface area contributed by atoms with Gasteiger partial charge in [0, 0.05) is 53.7 Å². The van der Waals surface area contributed by atoms with Gasteiger partial charge < -0.3 is 15.4 Å². The summed E-state index contributed by atoms with van der Waals surface area (Å²) < 4.78 is 18.1. The van der Waals surface area contributed by atoms with Crippen LogP contribution in [0.4, 0.5) is 0 Å². The van der Waals surface area contributed by atoms with Gasteiger partial charge in [0.25, 0.3) is 0 Å². The Kier molecular flexibility index (Phi) is 9.91. The highest BCUT2D eigenvalue weighted by Crippen LogP contribution is 2.23. The summed E-state index contributed by atoms with van der Waals surface area (Å²) in [7, 11) is 1.07. The molecule has 0 bridgehead atoms. The quantitative estimate of drug-likeness (QED) is 0.469. The van der Waals surface area contributed by atoms with E-state index in [1.807, 2.05) is 19.1 Å². The lowest BCUT2D eigenvalue weighted by Gasteiger charge is -2.30. The predicted molar refractivity (Wildman–Crippen MR) is 122 cm³/mol. The van der Waals surface area contributed by atoms with E-state index < -0.39 is 10.8 Å². The Labute approximate surface area is 178 Å². The molecule has 0 amide bonds. The Bertz CT molecular complexity index is 681. The summed E-state index contributed by atoms with van der Waals surface area (Å²) in [6.45, 7) is 9.13. The van der Waals surface area contributed by atoms with Crippen molar-refractivity contribution in [2.75, 3.05) is 12.8 Å². The molecule has 7 heteroatoms. The lowest BCUT2D eigenvalue weighted by molar-refractivity contribution is 0.185. The molecule has 2 N–H and O–H groups in total. The van der Waals surface area contributed by atoms with Gasteiger partial charge in [0.15, 0.2) is 5.96 Å². The van der Waals surface area contributed by atoms with Gasteiger partial charge in [-0.1, -0.05) is 27.2 Å². The molecule has 164 valence electrons. The van der Waals surface area contributed by atoms with Crippen molar-refractivity contribution in [3.63, 3.8) is 0 Å². The highest BCUT2D eigenvalue weighted by molar-refractivity contribution is 7.85. The van der Waals surface area contributed by atoms with Gasteiger partial charge in [0.2, 0.25) is 5.88 Å². The van der Waals surface area contributed by atoms with Crippen molar-refractivity contribution < 1.29 is 8.95 Å². The zero-order valence-electron chi connectivity index (χ0n) is 18.6. The molecule has 4 unspecified atom stereocenters. The maximum absolute atomic E-state index is 12.2. The average Bonchev–Trinajstić information content (AvgIpc) is 2.70. The van der Waals surface area contributed by atoms with Crippen molar-refractivity contribution in [1.82, 2.24) is 15.6 Å². The monoisotopic (exact) mass is 422 g/mol. The van der Waals surface area contributed by atoms with E-state index in [4.69, 9.17) is 4.74 Å². The highest BCUT2D eigenvalue weighted by atomic mass is 32.2. The summed E-state index contributed by atoms with van der Waals surface area (Å²) >= 11 is 0. The first kappa shape index (κ1) is 23.6. The summed E-state index contributed by atoms with van der Waals surface area (Å²) in [4.78, 5) is 8.70. The van der Waals surface area contributed by atoms with Crippen LogP contribution >= 0.6 is 0 Å². The summed E-state index contributed by atoms with van der Waals surface area (Å²) in [5, 5.41) is 7.20. The van der Waals surface area contributed by atoms with E-state index in [1.54, 1.807) is 13.2 Å². The Morgan fingerprint density at radius 3 is 2.86 bits per heavy atom. The maximum Gasteiger partial charge on any atom is 0.213 e. The SMILES string of the molecule is CCS(=O)C1CCCC(NC(=NC)NCc2ccnc(OC(C)CC(C)C)c2)C1. The first-order valence-corrected chi connectivity index (χ1v) is 12.2. The number of pyridine rings is 1. The molecule has 2 rings (SSSR count). The molecule has 0 spiro atoms. The molecule has 1 aliphatic carbocycles. The number of rotatable bonds is 9. The fourth-order valence-corrected chi connectivity index (χ4v) is 5.22. The molecule has 1 saturated carbocycles. The normalized spacial score (nSPS) is 22.2. The third kappa shape index (κ3) is 8.33. The van der Waals surface area contributed by atoms with Crippen LogP contribution in [0.25, 0.3) is 0 Å². The maximum atomic E-state index is 12.2. The van der Waals surface area contributed by atoms with E-state index in [1.165, 1.54) is 0 Å². The second-order valence-corrected chi connectivity index (χ2v) is 10.3. The minimum atomic E-state index is -0.717. The molecule has 0 aliphatic heterocycles. The minimum absolute atomic E-state index is 0.146. The van der Waals surface area contributed by atoms with Gasteiger partial charge >= 0.3 is 0 Å². The summed E-state index contributed by atoms with van der Waals surface area (Å²) in [6, 6.07) is 4.29. The summed E-state index contributed by atoms with van der Waals surface area (Å²) in [5.74, 6) is 2.79. The van der Waals surface area contributed by atoms with Crippen molar-refractivity contribution in [3.05, 3.63) is 23.9 Å². The van der Waals surface area contributed by atoms with Crippen molar-refractivity contribution in [1.29, 1.82) is 0 Å². The smallest absolute Gasteiger partial charge is 0.213 e. The lowest BCUT2D eigenvalue weighted by Crippen LogP contribution is -2.46. The number of nitrogens with one attached hydrogen (secondary N) is 2. The van der Waals surface area contributed by atoms with E-state index in [2.05, 4.69) is 41.4 Å². The Hall–Kier alpha value is -1.63. The van der Waals surface area contributed by atoms with Gasteiger partial charge in [0.1, 0.15) is 0 Å². The summed E-state index contributed by atoms with van der Waals surface area (Å²) in [5.41, 5.74) is 1.10. The molecule has 0 radical (unpaired) electrons. The third-order valence-electron chi connectivity index (χ3n) is 5.23. The van der Waals surface area contributed by atoms with Crippen LogP contribution in [0.15, 0.2) is 23.3 Å². The van der Waals surface area contributed by atoms with E-state index in [0.717, 1.165) is 49.4 Å². The standard InChI is InChI=1S/C22H38N4O2S/c1-6-29(27)20-9-7-8-19(14-20)26-22(23-5)25-15-18-10-11-24-21(13-18)28-17(4)12-16(2)3/h10-11,13,16-17,19-20H,6-9,12,14-15H2,1-5H3,(H2,23,25,26). The van der Waals surface area contributed by atoms with Crippen LogP contribution in [-0.4, -0.2) is 45.3 Å². The number of guanidine groups is 1. The molecule has 29 heavy (non-hydrogen) atoms. The van der Waals surface area contributed by atoms with Crippen LogP contribution in [0.5, 0.6) is 5.88 Å². The van der Waals surface area contributed by atoms with Crippen LogP contribution in [0, 0.1) is 5.92 Å². The highest BCUT2D eigenvalue weighted by Gasteiger charge is 2.26. The number of hydrogen-bond donors (Lipinski definition) is 2. The van der Waals surface area contributed by atoms with Crippen LogP contribution < -0.4 is 15.4 Å². The second-order valence-electron chi connectivity index (χ2n) is 8.29. The van der Waals surface area contributed by atoms with Gasteiger partial charge in [-0.05, 0) is 50.2 Å². The van der Waals surface area contributed by atoms with Crippen LogP contribution in [0.3, 0.4) is 0 Å². The minimum Gasteiger partial charge on any atom is -0.475 e. The van der Waals surface area contributed by atoms with Gasteiger partial charge in [-0.3, -0.25) is 9.20 Å². The number of ether oxygens (including phenoxy) is 1. The molecule has 6 nitrogen and oxygen atoms in total. The Morgan fingerprint density at radius 1 is 1.38 bits per heavy atom. The first-order valence-electron chi connectivity index (χ1n) is 10.9. The molecule has 1 aromatic heterocycles. The van der Waals surface area contributed by atoms with Crippen LogP contribution in [0.2, 0.25) is 0 Å². The van der Waals surface area contributed by atoms with E-state index in [9.17, 15) is 4.21 Å². The van der Waals surface area contributed by atoms with Crippen molar-refractivity contribution in [3.8, 4) is 5.88 Å². The molecular formula is C22H38N4O2S. The zero-order chi connectivity index (χ0) is 21.2. The fourth-order valence-electron chi connectivity index (χ4n) is 3.87. The Balaban J connectivity index is 1.86. The number of hydrogen-bond acceptors (Lipinski definition) is 4. The fraction of sp³-hybridized carbons (Fsp3) is 0.727. The zero-order valence-corrected chi connectivity index (χ0v) is 19.4. The lowest BCUT2D eigenvalue weighted by atomic mass is 9.95. The largest absolute Gasteiger partial charge is 0.475 e. The first-order chi connectivity index (χ1) is 13.9. The molecular weight excluding hydrogens is 384 g/mol. The van der Waals surface area contributed by atoms with Crippen LogP contribution in [0.1, 0.15) is 65.4 Å². The molecule has 1 aliphatic rings. The van der Waals surface area contributed by atoms with Crippen molar-refractivity contribution in [2.45, 2.75) is 83.7 Å². The predicted octanol–water partition coefficient (Wildman–Crippen LogP) is 3.64. The molecule has 1 heterocycles. The number of aromatic nitrogens is 1. The molecule has 1 fully saturated rings. The van der Waals surface area contributed by atoms with Gasteiger partial charge in [0.05, 0.1) is 6.10 Å². The van der Waals surface area contributed by atoms with Crippen LogP contribution in [-0.2, 0) is 17.3 Å². The van der Waals surface area contributed by atoms with E-state index in [-0.39, 0.29) is 6.10 Å². The average molecular weight is 423 g/mol. The van der Waals surface area contributed by atoms with Crippen molar-refractivity contribution in [2.24, 2.45) is 10.9 Å². The number of aliphatic imine (C=N–C) groups is 1. The van der Waals surface area contributed by atoms with E-state index in [0.29, 0.717) is 29.6 Å². The number of nitrogens with zero attached hydrogens (tertiary/aromatic N) is 2. The van der Waals surface area contributed by atoms with Gasteiger partial charge in [-0.2, -0.15) is 0 Å². The molecule has 0 saturated heterocycles. The topological polar surface area (TPSA) is 75.6 Å². The summed E-state index contributed by atoms with van der Waals surface area (Å²) in [6.07, 6.45) is 7.17. The van der Waals surface area contributed by atoms with Gasteiger partial charge in [-0.15, -0.1) is 0 Å². The van der Waals surface area contributed by atoms with Gasteiger partial charge in [-0.25, -0.2) is 4.98 Å². The molecule has 4 atom stereocenters.